The summed E-state index contributed by atoms with van der Waals surface area (Å²) < 4.78 is 5.22. The maximum atomic E-state index is 5.22. The van der Waals surface area contributed by atoms with E-state index in [1.54, 1.807) is 19.3 Å². The van der Waals surface area contributed by atoms with Crippen molar-refractivity contribution in [3.8, 4) is 0 Å². The molecular formula is C10H16O. The molecule has 0 amide bonds. The van der Waals surface area contributed by atoms with Crippen LogP contribution in [0.3, 0.4) is 0 Å². The Morgan fingerprint density at radius 3 is 2.45 bits per heavy atom. The molecule has 0 saturated heterocycles. The highest BCUT2D eigenvalue weighted by atomic mass is 16.5. The molecule has 1 nitrogen and oxygen atoms in total. The third-order valence-electron chi connectivity index (χ3n) is 1.57. The van der Waals surface area contributed by atoms with Gasteiger partial charge in [0.25, 0.3) is 0 Å². The Hall–Kier alpha value is -0.820. The average molecular weight is 152 g/mol. The summed E-state index contributed by atoms with van der Waals surface area (Å²) in [5.41, 5.74) is 1.09. The summed E-state index contributed by atoms with van der Waals surface area (Å²) in [7, 11) is 1.70. The lowest BCUT2D eigenvalue weighted by molar-refractivity contribution is 0.131. The van der Waals surface area contributed by atoms with Crippen LogP contribution in [0.15, 0.2) is 37.0 Å². The highest BCUT2D eigenvalue weighted by molar-refractivity contribution is 5.25. The van der Waals surface area contributed by atoms with Crippen LogP contribution in [0, 0.1) is 0 Å². The van der Waals surface area contributed by atoms with Crippen molar-refractivity contribution in [1.29, 1.82) is 0 Å². The van der Waals surface area contributed by atoms with Gasteiger partial charge in [0.1, 0.15) is 0 Å². The Kier molecular flexibility index (Phi) is 5.49. The highest BCUT2D eigenvalue weighted by Gasteiger charge is 2.05. The topological polar surface area (TPSA) is 9.23 Å². The van der Waals surface area contributed by atoms with Crippen LogP contribution >= 0.6 is 0 Å². The van der Waals surface area contributed by atoms with Gasteiger partial charge < -0.3 is 4.74 Å². The molecule has 0 aromatic heterocycles. The average Bonchev–Trinajstić information content (AvgIpc) is 2.05. The lowest BCUT2D eigenvalue weighted by Crippen LogP contribution is -2.10. The molecule has 0 spiro atoms. The highest BCUT2D eigenvalue weighted by Crippen LogP contribution is 2.10. The van der Waals surface area contributed by atoms with Crippen LogP contribution in [0.25, 0.3) is 0 Å². The molecule has 0 N–H and O–H groups in total. The second-order valence-corrected chi connectivity index (χ2v) is 2.24. The first kappa shape index (κ1) is 10.2. The first-order chi connectivity index (χ1) is 5.29. The van der Waals surface area contributed by atoms with Crippen LogP contribution < -0.4 is 0 Å². The second-order valence-electron chi connectivity index (χ2n) is 2.24. The zero-order valence-corrected chi connectivity index (χ0v) is 7.34. The van der Waals surface area contributed by atoms with Crippen LogP contribution in [0.4, 0.5) is 0 Å². The van der Waals surface area contributed by atoms with Crippen molar-refractivity contribution in [2.45, 2.75) is 19.4 Å². The Morgan fingerprint density at radius 1 is 1.55 bits per heavy atom. The summed E-state index contributed by atoms with van der Waals surface area (Å²) in [4.78, 5) is 0. The Bertz CT molecular complexity index is 152. The second kappa shape index (κ2) is 5.93. The molecule has 1 atom stereocenters. The summed E-state index contributed by atoms with van der Waals surface area (Å²) in [6.45, 7) is 9.40. The fourth-order valence-electron chi connectivity index (χ4n) is 0.981. The fourth-order valence-corrected chi connectivity index (χ4v) is 0.981. The lowest BCUT2D eigenvalue weighted by atomic mass is 10.1. The maximum absolute atomic E-state index is 5.22. The Balaban J connectivity index is 4.32. The molecule has 0 aliphatic carbocycles. The van der Waals surface area contributed by atoms with Crippen molar-refractivity contribution in [1.82, 2.24) is 0 Å². The van der Waals surface area contributed by atoms with E-state index < -0.39 is 0 Å². The predicted octanol–water partition coefficient (Wildman–Crippen LogP) is 2.71. The lowest BCUT2D eigenvalue weighted by Gasteiger charge is -2.13. The van der Waals surface area contributed by atoms with Gasteiger partial charge in [-0.1, -0.05) is 38.3 Å². The fraction of sp³-hybridized carbons (Fsp3) is 0.400. The van der Waals surface area contributed by atoms with Crippen molar-refractivity contribution in [3.05, 3.63) is 37.0 Å². The number of methoxy groups -OCH3 is 1. The Morgan fingerprint density at radius 2 is 2.18 bits per heavy atom. The largest absolute Gasteiger partial charge is 0.377 e. The van der Waals surface area contributed by atoms with Gasteiger partial charge in [-0.2, -0.15) is 0 Å². The van der Waals surface area contributed by atoms with Crippen LogP contribution in [0.1, 0.15) is 13.3 Å². The van der Waals surface area contributed by atoms with E-state index in [2.05, 4.69) is 20.1 Å². The third-order valence-corrected chi connectivity index (χ3v) is 1.57. The quantitative estimate of drug-likeness (QED) is 0.550. The smallest absolute Gasteiger partial charge is 0.0818 e. The van der Waals surface area contributed by atoms with E-state index in [0.29, 0.717) is 0 Å². The molecule has 1 unspecified atom stereocenters. The summed E-state index contributed by atoms with van der Waals surface area (Å²) in [5.74, 6) is 0. The van der Waals surface area contributed by atoms with Gasteiger partial charge in [0, 0.05) is 7.11 Å². The van der Waals surface area contributed by atoms with Gasteiger partial charge in [-0.15, -0.1) is 0 Å². The van der Waals surface area contributed by atoms with Gasteiger partial charge in [0.2, 0.25) is 0 Å². The van der Waals surface area contributed by atoms with Gasteiger partial charge in [-0.3, -0.25) is 0 Å². The molecule has 0 saturated carbocycles. The summed E-state index contributed by atoms with van der Waals surface area (Å²) >= 11 is 0. The molecule has 62 valence electrons. The summed E-state index contributed by atoms with van der Waals surface area (Å²) in [6.07, 6.45) is 6.59. The van der Waals surface area contributed by atoms with E-state index in [0.717, 1.165) is 12.0 Å². The molecule has 0 radical (unpaired) electrons. The van der Waals surface area contributed by atoms with Gasteiger partial charge >= 0.3 is 0 Å². The molecule has 0 bridgehead atoms. The van der Waals surface area contributed by atoms with Crippen molar-refractivity contribution < 1.29 is 4.74 Å². The SMILES string of the molecule is C=C/C=C(\C=C)C(CC)OC. The third kappa shape index (κ3) is 3.19. The van der Waals surface area contributed by atoms with Gasteiger partial charge in [-0.05, 0) is 12.0 Å². The predicted molar refractivity (Wildman–Crippen MR) is 49.6 cm³/mol. The van der Waals surface area contributed by atoms with Crippen molar-refractivity contribution in [2.75, 3.05) is 7.11 Å². The van der Waals surface area contributed by atoms with Crippen molar-refractivity contribution in [2.24, 2.45) is 0 Å². The van der Waals surface area contributed by atoms with Crippen LogP contribution in [-0.4, -0.2) is 13.2 Å². The van der Waals surface area contributed by atoms with E-state index in [1.165, 1.54) is 0 Å². The van der Waals surface area contributed by atoms with E-state index >= 15 is 0 Å². The molecule has 11 heavy (non-hydrogen) atoms. The number of rotatable bonds is 5. The molecule has 0 heterocycles. The maximum Gasteiger partial charge on any atom is 0.0818 e. The molecule has 0 aromatic rings. The number of hydrogen-bond acceptors (Lipinski definition) is 1. The summed E-state index contributed by atoms with van der Waals surface area (Å²) in [5, 5.41) is 0. The van der Waals surface area contributed by atoms with E-state index in [4.69, 9.17) is 4.74 Å². The van der Waals surface area contributed by atoms with Crippen LogP contribution in [-0.2, 0) is 4.74 Å². The number of ether oxygens (including phenoxy) is 1. The Labute approximate surface area is 69.1 Å². The number of allylic oxidation sites excluding steroid dienone is 2. The van der Waals surface area contributed by atoms with Crippen molar-refractivity contribution >= 4 is 0 Å². The van der Waals surface area contributed by atoms with E-state index in [1.807, 2.05) is 6.08 Å². The van der Waals surface area contributed by atoms with E-state index in [9.17, 15) is 0 Å². The molecular weight excluding hydrogens is 136 g/mol. The molecule has 0 aromatic carbocycles. The minimum Gasteiger partial charge on any atom is -0.377 e. The summed E-state index contributed by atoms with van der Waals surface area (Å²) in [6, 6.07) is 0. The number of hydrogen-bond donors (Lipinski definition) is 0. The zero-order chi connectivity index (χ0) is 8.69. The minimum absolute atomic E-state index is 0.158. The molecule has 0 aliphatic heterocycles. The molecule has 0 fully saturated rings. The zero-order valence-electron chi connectivity index (χ0n) is 7.34. The van der Waals surface area contributed by atoms with Crippen LogP contribution in [0.2, 0.25) is 0 Å². The minimum atomic E-state index is 0.158. The standard InChI is InChI=1S/C10H16O/c1-5-8-9(6-2)10(7-3)11-4/h5-6,8,10H,1-2,7H2,3-4H3/b9-8+. The molecule has 0 rings (SSSR count). The van der Waals surface area contributed by atoms with Gasteiger partial charge in [-0.25, -0.2) is 0 Å². The first-order valence-electron chi connectivity index (χ1n) is 3.78. The normalized spacial score (nSPS) is 14.2. The monoisotopic (exact) mass is 152 g/mol. The first-order valence-corrected chi connectivity index (χ1v) is 3.78. The van der Waals surface area contributed by atoms with E-state index in [-0.39, 0.29) is 6.10 Å². The van der Waals surface area contributed by atoms with Crippen LogP contribution in [0.5, 0.6) is 0 Å². The van der Waals surface area contributed by atoms with Gasteiger partial charge in [0.15, 0.2) is 0 Å². The molecule has 0 aliphatic rings. The van der Waals surface area contributed by atoms with Gasteiger partial charge in [0.05, 0.1) is 6.10 Å². The molecule has 1 heteroatoms. The van der Waals surface area contributed by atoms with Crippen molar-refractivity contribution in [3.63, 3.8) is 0 Å².